The van der Waals surface area contributed by atoms with E-state index in [1.165, 1.54) is 6.20 Å². The van der Waals surface area contributed by atoms with Crippen LogP contribution in [0.2, 0.25) is 0 Å². The van der Waals surface area contributed by atoms with Gasteiger partial charge in [-0.3, -0.25) is 9.59 Å². The van der Waals surface area contributed by atoms with Crippen LogP contribution in [0.15, 0.2) is 18.3 Å². The zero-order chi connectivity index (χ0) is 15.5. The molecule has 2 heterocycles. The lowest BCUT2D eigenvalue weighted by atomic mass is 9.75. The van der Waals surface area contributed by atoms with E-state index in [2.05, 4.69) is 9.88 Å². The van der Waals surface area contributed by atoms with Gasteiger partial charge in [-0.25, -0.2) is 4.98 Å². The zero-order valence-corrected chi connectivity index (χ0v) is 12.2. The van der Waals surface area contributed by atoms with Crippen LogP contribution in [0.1, 0.15) is 43.0 Å². The summed E-state index contributed by atoms with van der Waals surface area (Å²) in [6.07, 6.45) is 4.29. The summed E-state index contributed by atoms with van der Waals surface area (Å²) in [5, 5.41) is 9.49. The van der Waals surface area contributed by atoms with Crippen molar-refractivity contribution in [2.45, 2.75) is 32.6 Å². The summed E-state index contributed by atoms with van der Waals surface area (Å²) >= 11 is 0. The Morgan fingerprint density at radius 3 is 2.48 bits per heavy atom. The van der Waals surface area contributed by atoms with Crippen molar-refractivity contribution in [1.29, 1.82) is 0 Å². The molecule has 1 fully saturated rings. The van der Waals surface area contributed by atoms with Crippen LogP contribution >= 0.6 is 0 Å². The number of anilines is 1. The van der Waals surface area contributed by atoms with Crippen molar-refractivity contribution < 1.29 is 14.7 Å². The number of primary amides is 1. The van der Waals surface area contributed by atoms with Gasteiger partial charge in [0, 0.05) is 19.3 Å². The van der Waals surface area contributed by atoms with Gasteiger partial charge in [-0.05, 0) is 31.4 Å². The summed E-state index contributed by atoms with van der Waals surface area (Å²) in [6, 6.07) is 3.41. The van der Waals surface area contributed by atoms with E-state index in [1.54, 1.807) is 12.1 Å². The number of nitrogens with two attached hydrogens (primary N) is 1. The second-order valence-electron chi connectivity index (χ2n) is 5.59. The van der Waals surface area contributed by atoms with Gasteiger partial charge in [0.05, 0.1) is 11.0 Å². The van der Waals surface area contributed by atoms with Gasteiger partial charge in [0.25, 0.3) is 0 Å². The lowest BCUT2D eigenvalue weighted by molar-refractivity contribution is -0.150. The highest BCUT2D eigenvalue weighted by Crippen LogP contribution is 2.37. The van der Waals surface area contributed by atoms with Gasteiger partial charge in [-0.15, -0.1) is 0 Å². The molecule has 114 valence electrons. The molecule has 0 saturated carbocycles. The topological polar surface area (TPSA) is 96.5 Å². The van der Waals surface area contributed by atoms with Crippen LogP contribution < -0.4 is 10.6 Å². The lowest BCUT2D eigenvalue weighted by Crippen LogP contribution is -2.44. The van der Waals surface area contributed by atoms with Crippen molar-refractivity contribution in [3.05, 3.63) is 23.9 Å². The van der Waals surface area contributed by atoms with Crippen LogP contribution in [0.4, 0.5) is 5.82 Å². The molecule has 6 heteroatoms. The number of carbonyl (C=O) groups excluding carboxylic acids is 1. The molecule has 0 spiro atoms. The molecular weight excluding hydrogens is 270 g/mol. The number of hydrogen-bond donors (Lipinski definition) is 2. The predicted molar refractivity (Wildman–Crippen MR) is 79.2 cm³/mol. The third-order valence-corrected chi connectivity index (χ3v) is 4.26. The summed E-state index contributed by atoms with van der Waals surface area (Å²) in [5.41, 5.74) is 4.96. The maximum atomic E-state index is 11.5. The smallest absolute Gasteiger partial charge is 0.309 e. The monoisotopic (exact) mass is 291 g/mol. The quantitative estimate of drug-likeness (QED) is 0.860. The first kappa shape index (κ1) is 15.3. The summed E-state index contributed by atoms with van der Waals surface area (Å²) < 4.78 is 0. The number of aromatic nitrogens is 1. The highest BCUT2D eigenvalue weighted by Gasteiger charge is 2.40. The minimum Gasteiger partial charge on any atom is -0.481 e. The molecule has 3 N–H and O–H groups in total. The molecule has 1 saturated heterocycles. The summed E-state index contributed by atoms with van der Waals surface area (Å²) in [6.45, 7) is 3.34. The van der Waals surface area contributed by atoms with E-state index in [1.807, 2.05) is 6.92 Å². The number of piperidine rings is 1. The molecule has 21 heavy (non-hydrogen) atoms. The molecule has 0 unspecified atom stereocenters. The largest absolute Gasteiger partial charge is 0.481 e. The Kier molecular flexibility index (Phi) is 4.45. The Bertz CT molecular complexity index is 519. The molecule has 1 aromatic rings. The van der Waals surface area contributed by atoms with Gasteiger partial charge < -0.3 is 15.7 Å². The van der Waals surface area contributed by atoms with Crippen LogP contribution in [0.5, 0.6) is 0 Å². The fourth-order valence-corrected chi connectivity index (χ4v) is 2.93. The lowest BCUT2D eigenvalue weighted by Gasteiger charge is -2.39. The summed E-state index contributed by atoms with van der Waals surface area (Å²) in [4.78, 5) is 28.9. The van der Waals surface area contributed by atoms with Crippen molar-refractivity contribution in [3.8, 4) is 0 Å². The molecule has 0 atom stereocenters. The Balaban J connectivity index is 2.06. The van der Waals surface area contributed by atoms with Crippen LogP contribution in [-0.4, -0.2) is 35.1 Å². The molecule has 1 aromatic heterocycles. The molecule has 1 amide bonds. The fourth-order valence-electron chi connectivity index (χ4n) is 2.93. The van der Waals surface area contributed by atoms with E-state index in [0.29, 0.717) is 37.9 Å². The first-order valence-corrected chi connectivity index (χ1v) is 7.23. The first-order valence-electron chi connectivity index (χ1n) is 7.23. The van der Waals surface area contributed by atoms with Crippen LogP contribution in [0, 0.1) is 5.41 Å². The summed E-state index contributed by atoms with van der Waals surface area (Å²) in [7, 11) is 0. The standard InChI is InChI=1S/C15H21N3O3/c1-2-5-15(14(20)21)6-8-18(9-7-15)12-4-3-11(10-17-12)13(16)19/h3-4,10H,2,5-9H2,1H3,(H2,16,19)(H,20,21). The van der Waals surface area contributed by atoms with Crippen molar-refractivity contribution >= 4 is 17.7 Å². The Labute approximate surface area is 124 Å². The van der Waals surface area contributed by atoms with E-state index < -0.39 is 17.3 Å². The van der Waals surface area contributed by atoms with E-state index in [9.17, 15) is 14.7 Å². The van der Waals surface area contributed by atoms with Gasteiger partial charge in [-0.1, -0.05) is 13.3 Å². The molecule has 1 aliphatic rings. The molecule has 0 aromatic carbocycles. The molecule has 0 radical (unpaired) electrons. The van der Waals surface area contributed by atoms with Gasteiger partial charge in [-0.2, -0.15) is 0 Å². The van der Waals surface area contributed by atoms with Crippen molar-refractivity contribution in [2.24, 2.45) is 11.1 Å². The highest BCUT2D eigenvalue weighted by molar-refractivity contribution is 5.92. The summed E-state index contributed by atoms with van der Waals surface area (Å²) in [5.74, 6) is -0.433. The van der Waals surface area contributed by atoms with Crippen molar-refractivity contribution in [2.75, 3.05) is 18.0 Å². The zero-order valence-electron chi connectivity index (χ0n) is 12.2. The minimum absolute atomic E-state index is 0.377. The Morgan fingerprint density at radius 2 is 2.05 bits per heavy atom. The van der Waals surface area contributed by atoms with Crippen LogP contribution in [-0.2, 0) is 4.79 Å². The molecule has 2 rings (SSSR count). The number of hydrogen-bond acceptors (Lipinski definition) is 4. The molecular formula is C15H21N3O3. The maximum Gasteiger partial charge on any atom is 0.309 e. The molecule has 1 aliphatic heterocycles. The van der Waals surface area contributed by atoms with E-state index in [-0.39, 0.29) is 0 Å². The third kappa shape index (κ3) is 3.15. The second kappa shape index (κ2) is 6.11. The van der Waals surface area contributed by atoms with Gasteiger partial charge in [0.1, 0.15) is 5.82 Å². The maximum absolute atomic E-state index is 11.5. The number of carboxylic acids is 1. The first-order chi connectivity index (χ1) is 9.98. The number of aliphatic carboxylic acids is 1. The number of carboxylic acid groups (broad SMARTS) is 1. The highest BCUT2D eigenvalue weighted by atomic mass is 16.4. The van der Waals surface area contributed by atoms with Crippen LogP contribution in [0.25, 0.3) is 0 Å². The third-order valence-electron chi connectivity index (χ3n) is 4.26. The van der Waals surface area contributed by atoms with Gasteiger partial charge in [0.2, 0.25) is 5.91 Å². The van der Waals surface area contributed by atoms with E-state index in [0.717, 1.165) is 12.2 Å². The van der Waals surface area contributed by atoms with Crippen molar-refractivity contribution in [1.82, 2.24) is 4.98 Å². The average Bonchev–Trinajstić information content (AvgIpc) is 2.48. The number of nitrogens with zero attached hydrogens (tertiary/aromatic N) is 2. The molecule has 0 aliphatic carbocycles. The fraction of sp³-hybridized carbons (Fsp3) is 0.533. The minimum atomic E-state index is -0.693. The predicted octanol–water partition coefficient (Wildman–Crippen LogP) is 1.65. The Morgan fingerprint density at radius 1 is 1.38 bits per heavy atom. The van der Waals surface area contributed by atoms with E-state index in [4.69, 9.17) is 5.73 Å². The average molecular weight is 291 g/mol. The molecule has 0 bridgehead atoms. The van der Waals surface area contributed by atoms with Crippen LogP contribution in [0.3, 0.4) is 0 Å². The second-order valence-corrected chi connectivity index (χ2v) is 5.59. The normalized spacial score (nSPS) is 17.5. The van der Waals surface area contributed by atoms with Gasteiger partial charge >= 0.3 is 5.97 Å². The van der Waals surface area contributed by atoms with Gasteiger partial charge in [0.15, 0.2) is 0 Å². The van der Waals surface area contributed by atoms with Crippen molar-refractivity contribution in [3.63, 3.8) is 0 Å². The number of carbonyl (C=O) groups is 2. The number of pyridine rings is 1. The van der Waals surface area contributed by atoms with E-state index >= 15 is 0 Å². The molecule has 6 nitrogen and oxygen atoms in total. The number of rotatable bonds is 5. The SMILES string of the molecule is CCCC1(C(=O)O)CCN(c2ccc(C(N)=O)cn2)CC1. The Hall–Kier alpha value is -2.11. The number of amides is 1.